The van der Waals surface area contributed by atoms with Crippen LogP contribution in [0.3, 0.4) is 0 Å². The van der Waals surface area contributed by atoms with Crippen LogP contribution in [0.25, 0.3) is 0 Å². The van der Waals surface area contributed by atoms with Gasteiger partial charge in [0.15, 0.2) is 15.0 Å². The summed E-state index contributed by atoms with van der Waals surface area (Å²) in [6.07, 6.45) is -4.24. The molecule has 0 aromatic carbocycles. The van der Waals surface area contributed by atoms with E-state index in [2.05, 4.69) is 10.2 Å². The van der Waals surface area contributed by atoms with E-state index in [0.717, 1.165) is 16.3 Å². The highest BCUT2D eigenvalue weighted by atomic mass is 32.2. The average Bonchev–Trinajstić information content (AvgIpc) is 2.97. The molecule has 2 rings (SSSR count). The van der Waals surface area contributed by atoms with Gasteiger partial charge in [-0.25, -0.2) is 8.42 Å². The molecule has 0 radical (unpaired) electrons. The van der Waals surface area contributed by atoms with Gasteiger partial charge < -0.3 is 9.47 Å². The molecule has 2 heterocycles. The summed E-state index contributed by atoms with van der Waals surface area (Å²) >= 11 is 0.828. The molecule has 7 nitrogen and oxygen atoms in total. The third-order valence-corrected chi connectivity index (χ3v) is 6.32. The van der Waals surface area contributed by atoms with Crippen molar-refractivity contribution in [3.8, 4) is 0 Å². The molecule has 12 heteroatoms. The first kappa shape index (κ1) is 18.0. The summed E-state index contributed by atoms with van der Waals surface area (Å²) in [5, 5.41) is 6.46. The monoisotopic (exact) mass is 372 g/mol. The second kappa shape index (κ2) is 6.30. The van der Waals surface area contributed by atoms with E-state index in [1.165, 1.54) is 19.0 Å². The lowest BCUT2D eigenvalue weighted by molar-refractivity contribution is -0.147. The van der Waals surface area contributed by atoms with Crippen molar-refractivity contribution < 1.29 is 26.4 Å². The number of halogens is 3. The van der Waals surface area contributed by atoms with Crippen LogP contribution >= 0.6 is 11.8 Å². The number of aromatic nitrogens is 3. The van der Waals surface area contributed by atoms with Crippen molar-refractivity contribution in [1.82, 2.24) is 19.7 Å². The summed E-state index contributed by atoms with van der Waals surface area (Å²) in [4.78, 5) is 13.4. The van der Waals surface area contributed by atoms with Gasteiger partial charge in [0.1, 0.15) is 0 Å². The number of hydrogen-bond donors (Lipinski definition) is 0. The number of carbonyl (C=O) groups is 1. The molecule has 0 aliphatic carbocycles. The fourth-order valence-corrected chi connectivity index (χ4v) is 4.81. The SMILES string of the molecule is CN(C(=O)CSc1nnc(C(F)(F)F)n1C)C1CCS(=O)(=O)C1. The number of sulfone groups is 1. The minimum Gasteiger partial charge on any atom is -0.341 e. The highest BCUT2D eigenvalue weighted by Crippen LogP contribution is 2.29. The second-order valence-corrected chi connectivity index (χ2v) is 8.38. The smallest absolute Gasteiger partial charge is 0.341 e. The second-order valence-electron chi connectivity index (χ2n) is 5.21. The van der Waals surface area contributed by atoms with Crippen LogP contribution in [-0.4, -0.2) is 64.3 Å². The third kappa shape index (κ3) is 4.16. The van der Waals surface area contributed by atoms with Gasteiger partial charge in [-0.3, -0.25) is 4.79 Å². The molecule has 0 bridgehead atoms. The molecule has 1 atom stereocenters. The Morgan fingerprint density at radius 3 is 2.57 bits per heavy atom. The van der Waals surface area contributed by atoms with Gasteiger partial charge in [-0.1, -0.05) is 11.8 Å². The molecule has 1 aromatic heterocycles. The number of rotatable bonds is 4. The zero-order valence-corrected chi connectivity index (χ0v) is 14.0. The zero-order chi connectivity index (χ0) is 17.4. The van der Waals surface area contributed by atoms with E-state index in [0.29, 0.717) is 6.42 Å². The maximum atomic E-state index is 12.6. The van der Waals surface area contributed by atoms with E-state index >= 15 is 0 Å². The first-order chi connectivity index (χ1) is 10.5. The van der Waals surface area contributed by atoms with Gasteiger partial charge >= 0.3 is 6.18 Å². The van der Waals surface area contributed by atoms with Gasteiger partial charge in [0.2, 0.25) is 11.7 Å². The normalized spacial score (nSPS) is 20.7. The molecule has 130 valence electrons. The first-order valence-corrected chi connectivity index (χ1v) is 9.37. The number of alkyl halides is 3. The molecular weight excluding hydrogens is 357 g/mol. The van der Waals surface area contributed by atoms with Gasteiger partial charge in [-0.05, 0) is 6.42 Å². The fraction of sp³-hybridized carbons (Fsp3) is 0.727. The highest BCUT2D eigenvalue weighted by Gasteiger charge is 2.38. The topological polar surface area (TPSA) is 85.2 Å². The Balaban J connectivity index is 1.96. The van der Waals surface area contributed by atoms with Gasteiger partial charge in [0.25, 0.3) is 0 Å². The number of hydrogen-bond acceptors (Lipinski definition) is 6. The fourth-order valence-electron chi connectivity index (χ4n) is 2.20. The van der Waals surface area contributed by atoms with Crippen molar-refractivity contribution in [2.45, 2.75) is 23.8 Å². The molecule has 0 saturated carbocycles. The first-order valence-electron chi connectivity index (χ1n) is 6.57. The van der Waals surface area contributed by atoms with Crippen molar-refractivity contribution in [3.05, 3.63) is 5.82 Å². The van der Waals surface area contributed by atoms with Crippen molar-refractivity contribution in [2.24, 2.45) is 7.05 Å². The van der Waals surface area contributed by atoms with Gasteiger partial charge in [0.05, 0.1) is 17.3 Å². The predicted octanol–water partition coefficient (Wildman–Crippen LogP) is 0.572. The van der Waals surface area contributed by atoms with Crippen LogP contribution in [0.15, 0.2) is 5.16 Å². The molecule has 23 heavy (non-hydrogen) atoms. The van der Waals surface area contributed by atoms with E-state index in [-0.39, 0.29) is 28.3 Å². The molecule has 1 unspecified atom stereocenters. The van der Waals surface area contributed by atoms with Crippen LogP contribution in [0.4, 0.5) is 13.2 Å². The molecular formula is C11H15F3N4O3S2. The van der Waals surface area contributed by atoms with Crippen LogP contribution < -0.4 is 0 Å². The largest absolute Gasteiger partial charge is 0.451 e. The average molecular weight is 372 g/mol. The molecule has 1 aromatic rings. The summed E-state index contributed by atoms with van der Waals surface area (Å²) in [5.74, 6) is -1.68. The standard InChI is InChI=1S/C11H15F3N4O3S2/c1-17(7-3-4-23(20,21)6-7)8(19)5-22-10-16-15-9(18(10)2)11(12,13)14/h7H,3-6H2,1-2H3. The lowest BCUT2D eigenvalue weighted by Gasteiger charge is -2.23. The van der Waals surface area contributed by atoms with E-state index in [9.17, 15) is 26.4 Å². The number of amides is 1. The Kier molecular flexibility index (Phi) is 4.95. The molecule has 1 amide bonds. The van der Waals surface area contributed by atoms with Crippen molar-refractivity contribution in [3.63, 3.8) is 0 Å². The third-order valence-electron chi connectivity index (χ3n) is 3.56. The van der Waals surface area contributed by atoms with Crippen LogP contribution in [0.5, 0.6) is 0 Å². The van der Waals surface area contributed by atoms with Gasteiger partial charge in [0, 0.05) is 20.1 Å². The van der Waals surface area contributed by atoms with Gasteiger partial charge in [-0.15, -0.1) is 10.2 Å². The van der Waals surface area contributed by atoms with Crippen LogP contribution in [0, 0.1) is 0 Å². The summed E-state index contributed by atoms with van der Waals surface area (Å²) in [5.41, 5.74) is 0. The maximum absolute atomic E-state index is 12.6. The summed E-state index contributed by atoms with van der Waals surface area (Å²) in [6, 6.07) is -0.390. The van der Waals surface area contributed by atoms with E-state index in [4.69, 9.17) is 0 Å². The molecule has 0 spiro atoms. The van der Waals surface area contributed by atoms with E-state index in [1.807, 2.05) is 0 Å². The Bertz CT molecular complexity index is 702. The van der Waals surface area contributed by atoms with Crippen LogP contribution in [0.1, 0.15) is 12.2 Å². The number of thioether (sulfide) groups is 1. The molecule has 1 aliphatic heterocycles. The van der Waals surface area contributed by atoms with Crippen LogP contribution in [-0.2, 0) is 27.9 Å². The maximum Gasteiger partial charge on any atom is 0.451 e. The predicted molar refractivity (Wildman–Crippen MR) is 76.6 cm³/mol. The van der Waals surface area contributed by atoms with E-state index in [1.54, 1.807) is 0 Å². The minimum atomic E-state index is -4.61. The summed E-state index contributed by atoms with van der Waals surface area (Å²) < 4.78 is 61.4. The van der Waals surface area contributed by atoms with Crippen molar-refractivity contribution in [1.29, 1.82) is 0 Å². The zero-order valence-electron chi connectivity index (χ0n) is 12.4. The molecule has 0 N–H and O–H groups in total. The molecule has 1 fully saturated rings. The number of nitrogens with zero attached hydrogens (tertiary/aromatic N) is 4. The lowest BCUT2D eigenvalue weighted by atomic mass is 10.2. The van der Waals surface area contributed by atoms with E-state index < -0.39 is 27.9 Å². The lowest BCUT2D eigenvalue weighted by Crippen LogP contribution is -2.38. The van der Waals surface area contributed by atoms with Crippen molar-refractivity contribution >= 4 is 27.5 Å². The minimum absolute atomic E-state index is 0.0295. The number of carbonyl (C=O) groups excluding carboxylic acids is 1. The molecule has 1 aliphatic rings. The summed E-state index contributed by atoms with van der Waals surface area (Å²) in [7, 11) is -0.451. The Morgan fingerprint density at radius 2 is 2.09 bits per heavy atom. The Hall–Kier alpha value is -1.30. The highest BCUT2D eigenvalue weighted by molar-refractivity contribution is 7.99. The van der Waals surface area contributed by atoms with Gasteiger partial charge in [-0.2, -0.15) is 13.2 Å². The van der Waals surface area contributed by atoms with Crippen LogP contribution in [0.2, 0.25) is 0 Å². The quantitative estimate of drug-likeness (QED) is 0.719. The molecule has 1 saturated heterocycles. The van der Waals surface area contributed by atoms with Crippen molar-refractivity contribution in [2.75, 3.05) is 24.3 Å². The Morgan fingerprint density at radius 1 is 1.43 bits per heavy atom. The Labute approximate surface area is 135 Å². The summed E-state index contributed by atoms with van der Waals surface area (Å²) in [6.45, 7) is 0.